The lowest BCUT2D eigenvalue weighted by atomic mass is 10.1. The second-order valence-corrected chi connectivity index (χ2v) is 9.71. The number of piperazine rings is 1. The molecule has 2 aromatic heterocycles. The first-order valence-corrected chi connectivity index (χ1v) is 12.8. The molecule has 0 bridgehead atoms. The van der Waals surface area contributed by atoms with Crippen LogP contribution in [0.1, 0.15) is 27.7 Å². The van der Waals surface area contributed by atoms with Gasteiger partial charge in [0.2, 0.25) is 0 Å². The maximum Gasteiger partial charge on any atom is 0.287 e. The molecule has 1 N–H and O–H groups in total. The highest BCUT2D eigenvalue weighted by molar-refractivity contribution is 7.98. The van der Waals surface area contributed by atoms with Gasteiger partial charge in [-0.2, -0.15) is 0 Å². The zero-order valence-electron chi connectivity index (χ0n) is 19.8. The normalized spacial score (nSPS) is 15.8. The Kier molecular flexibility index (Phi) is 7.42. The zero-order chi connectivity index (χ0) is 24.0. The van der Waals surface area contributed by atoms with E-state index in [1.807, 2.05) is 42.5 Å². The predicted octanol–water partition coefficient (Wildman–Crippen LogP) is 4.23. The topological polar surface area (TPSA) is 74.5 Å². The number of para-hydroxylation sites is 1. The van der Waals surface area contributed by atoms with Crippen LogP contribution in [0.15, 0.2) is 82.6 Å². The Labute approximate surface area is 209 Å². The summed E-state index contributed by atoms with van der Waals surface area (Å²) < 4.78 is 6.10. The fraction of sp³-hybridized carbons (Fsp3) is 0.296. The summed E-state index contributed by atoms with van der Waals surface area (Å²) in [6.45, 7) is 4.79. The van der Waals surface area contributed by atoms with Gasteiger partial charge in [-0.25, -0.2) is 9.97 Å². The van der Waals surface area contributed by atoms with Crippen LogP contribution in [0, 0.1) is 0 Å². The number of nitrogens with one attached hydrogen (secondary N) is 1. The summed E-state index contributed by atoms with van der Waals surface area (Å²) >= 11 is 1.49. The molecule has 5 rings (SSSR count). The minimum absolute atomic E-state index is 0.140. The lowest BCUT2D eigenvalue weighted by Gasteiger charge is -2.35. The summed E-state index contributed by atoms with van der Waals surface area (Å²) in [4.78, 5) is 27.0. The van der Waals surface area contributed by atoms with Gasteiger partial charge in [-0.3, -0.25) is 9.69 Å². The van der Waals surface area contributed by atoms with Crippen LogP contribution in [0.2, 0.25) is 0 Å². The van der Waals surface area contributed by atoms with Gasteiger partial charge < -0.3 is 14.6 Å². The molecule has 8 heteroatoms. The van der Waals surface area contributed by atoms with E-state index < -0.39 is 0 Å². The van der Waals surface area contributed by atoms with Crippen molar-refractivity contribution in [3.63, 3.8) is 0 Å². The maximum absolute atomic E-state index is 13.7. The minimum Gasteiger partial charge on any atom is -0.451 e. The summed E-state index contributed by atoms with van der Waals surface area (Å²) in [7, 11) is 2.15. The van der Waals surface area contributed by atoms with E-state index in [1.165, 1.54) is 11.8 Å². The van der Waals surface area contributed by atoms with Crippen molar-refractivity contribution in [2.45, 2.75) is 17.0 Å². The molecule has 180 valence electrons. The number of carbonyl (C=O) groups excluding carboxylic acids is 1. The van der Waals surface area contributed by atoms with Crippen LogP contribution in [-0.2, 0) is 5.75 Å². The lowest BCUT2D eigenvalue weighted by Crippen LogP contribution is -2.47. The van der Waals surface area contributed by atoms with Crippen LogP contribution >= 0.6 is 11.8 Å². The molecule has 0 spiro atoms. The van der Waals surface area contributed by atoms with E-state index in [0.29, 0.717) is 22.3 Å². The molecule has 1 aliphatic rings. The van der Waals surface area contributed by atoms with Crippen molar-refractivity contribution in [1.29, 1.82) is 0 Å². The van der Waals surface area contributed by atoms with E-state index in [9.17, 15) is 4.79 Å². The van der Waals surface area contributed by atoms with E-state index >= 15 is 0 Å². The van der Waals surface area contributed by atoms with Gasteiger partial charge >= 0.3 is 0 Å². The van der Waals surface area contributed by atoms with E-state index in [4.69, 9.17) is 4.42 Å². The average Bonchev–Trinajstić information content (AvgIpc) is 3.28. The average molecular weight is 488 g/mol. The quantitative estimate of drug-likeness (QED) is 0.294. The molecule has 1 amide bonds. The molecule has 0 aliphatic carbocycles. The van der Waals surface area contributed by atoms with Gasteiger partial charge in [-0.1, -0.05) is 60.3 Å². The van der Waals surface area contributed by atoms with Crippen LogP contribution in [0.25, 0.3) is 11.0 Å². The van der Waals surface area contributed by atoms with Gasteiger partial charge in [-0.15, -0.1) is 0 Å². The number of hydrogen-bond donors (Lipinski definition) is 1. The van der Waals surface area contributed by atoms with E-state index in [-0.39, 0.29) is 11.9 Å². The maximum atomic E-state index is 13.7. The molecule has 1 saturated heterocycles. The van der Waals surface area contributed by atoms with Crippen LogP contribution < -0.4 is 5.32 Å². The second kappa shape index (κ2) is 11.0. The summed E-state index contributed by atoms with van der Waals surface area (Å²) in [6.07, 6.45) is 3.44. The van der Waals surface area contributed by atoms with Gasteiger partial charge in [0.05, 0.1) is 6.04 Å². The number of nitrogens with zero attached hydrogens (tertiary/aromatic N) is 4. The Morgan fingerprint density at radius 2 is 1.71 bits per heavy atom. The molecule has 1 unspecified atom stereocenters. The molecule has 0 radical (unpaired) electrons. The number of hydrogen-bond acceptors (Lipinski definition) is 7. The Hall–Kier alpha value is -3.20. The largest absolute Gasteiger partial charge is 0.451 e. The Morgan fingerprint density at radius 3 is 2.49 bits per heavy atom. The molecule has 0 saturated carbocycles. The molecule has 1 fully saturated rings. The highest BCUT2D eigenvalue weighted by atomic mass is 32.2. The Balaban J connectivity index is 1.40. The second-order valence-electron chi connectivity index (χ2n) is 8.77. The lowest BCUT2D eigenvalue weighted by molar-refractivity contribution is 0.0881. The number of carbonyl (C=O) groups is 1. The molecule has 3 heterocycles. The molecule has 1 aliphatic heterocycles. The van der Waals surface area contributed by atoms with Crippen molar-refractivity contribution in [3.05, 3.63) is 89.9 Å². The van der Waals surface area contributed by atoms with Gasteiger partial charge in [0.15, 0.2) is 10.9 Å². The number of amides is 1. The molecule has 35 heavy (non-hydrogen) atoms. The van der Waals surface area contributed by atoms with Crippen LogP contribution in [-0.4, -0.2) is 65.4 Å². The van der Waals surface area contributed by atoms with Crippen molar-refractivity contribution < 1.29 is 9.21 Å². The monoisotopic (exact) mass is 487 g/mol. The van der Waals surface area contributed by atoms with E-state index in [2.05, 4.69) is 44.3 Å². The summed E-state index contributed by atoms with van der Waals surface area (Å²) in [5.74, 6) is 0.695. The number of benzene rings is 2. The highest BCUT2D eigenvalue weighted by Gasteiger charge is 2.26. The first kappa shape index (κ1) is 23.5. The number of furan rings is 1. The molecular formula is C27H29N5O2S. The Morgan fingerprint density at radius 1 is 1.00 bits per heavy atom. The number of likely N-dealkylation sites (N-methyl/N-ethyl adjacent to an activating group) is 1. The third-order valence-electron chi connectivity index (χ3n) is 6.34. The van der Waals surface area contributed by atoms with Crippen molar-refractivity contribution in [2.75, 3.05) is 39.8 Å². The van der Waals surface area contributed by atoms with Crippen molar-refractivity contribution >= 4 is 28.6 Å². The summed E-state index contributed by atoms with van der Waals surface area (Å²) in [5.41, 5.74) is 2.66. The molecule has 4 aromatic rings. The molecule has 1 atom stereocenters. The van der Waals surface area contributed by atoms with Gasteiger partial charge in [0, 0.05) is 61.8 Å². The van der Waals surface area contributed by atoms with E-state index in [0.717, 1.165) is 49.2 Å². The van der Waals surface area contributed by atoms with Crippen molar-refractivity contribution in [3.8, 4) is 0 Å². The number of aromatic nitrogens is 2. The Bertz CT molecular complexity index is 1260. The van der Waals surface area contributed by atoms with Crippen molar-refractivity contribution in [2.24, 2.45) is 0 Å². The zero-order valence-corrected chi connectivity index (χ0v) is 20.6. The summed E-state index contributed by atoms with van der Waals surface area (Å²) in [6, 6.07) is 19.6. The predicted molar refractivity (Wildman–Crippen MR) is 138 cm³/mol. The minimum atomic E-state index is -0.200. The number of rotatable bonds is 8. The number of fused-ring (bicyclic) bond motifs is 1. The molecule has 7 nitrogen and oxygen atoms in total. The third-order valence-corrected chi connectivity index (χ3v) is 7.24. The van der Waals surface area contributed by atoms with Crippen LogP contribution in [0.5, 0.6) is 0 Å². The van der Waals surface area contributed by atoms with Gasteiger partial charge in [0.25, 0.3) is 5.91 Å². The standard InChI is InChI=1S/C27H29N5O2S/c1-31-14-16-32(17-15-31)18-23(20-8-3-2-4-9-20)30-26(33)25-22(19-35-27-28-12-7-13-29-27)21-10-5-6-11-24(21)34-25/h2-13,23H,14-19H2,1H3,(H,30,33). The summed E-state index contributed by atoms with van der Waals surface area (Å²) in [5, 5.41) is 4.89. The highest BCUT2D eigenvalue weighted by Crippen LogP contribution is 2.31. The fourth-order valence-corrected chi connectivity index (χ4v) is 5.19. The molecule has 2 aromatic carbocycles. The molecular weight excluding hydrogens is 458 g/mol. The van der Waals surface area contributed by atoms with Gasteiger partial charge in [0.1, 0.15) is 5.58 Å². The SMILES string of the molecule is CN1CCN(CC(NC(=O)c2oc3ccccc3c2CSc2ncccn2)c2ccccc2)CC1. The third kappa shape index (κ3) is 5.73. The number of thioether (sulfide) groups is 1. The van der Waals surface area contributed by atoms with Crippen molar-refractivity contribution in [1.82, 2.24) is 25.1 Å². The van der Waals surface area contributed by atoms with Crippen LogP contribution in [0.4, 0.5) is 0 Å². The van der Waals surface area contributed by atoms with E-state index in [1.54, 1.807) is 18.5 Å². The smallest absolute Gasteiger partial charge is 0.287 e. The first-order valence-electron chi connectivity index (χ1n) is 11.8. The first-order chi connectivity index (χ1) is 17.2. The fourth-order valence-electron chi connectivity index (χ4n) is 4.35. The van der Waals surface area contributed by atoms with Crippen LogP contribution in [0.3, 0.4) is 0 Å². The van der Waals surface area contributed by atoms with Gasteiger partial charge in [-0.05, 0) is 24.7 Å².